The topological polar surface area (TPSA) is 38.1 Å². The highest BCUT2D eigenvalue weighted by Gasteiger charge is 2.37. The molecule has 0 spiro atoms. The summed E-state index contributed by atoms with van der Waals surface area (Å²) in [4.78, 5) is 4.75. The van der Waals surface area contributed by atoms with Gasteiger partial charge in [0.05, 0.1) is 16.6 Å². The molecule has 1 aromatic carbocycles. The van der Waals surface area contributed by atoms with Gasteiger partial charge in [-0.2, -0.15) is 0 Å². The summed E-state index contributed by atoms with van der Waals surface area (Å²) in [7, 11) is 0. The lowest BCUT2D eigenvalue weighted by Gasteiger charge is -2.22. The van der Waals surface area contributed by atoms with Crippen LogP contribution < -0.4 is 0 Å². The maximum absolute atomic E-state index is 10.8. The quantitative estimate of drug-likeness (QED) is 0.924. The van der Waals surface area contributed by atoms with Gasteiger partial charge in [0.15, 0.2) is 0 Å². The molecule has 3 nitrogen and oxygen atoms in total. The van der Waals surface area contributed by atoms with E-state index in [1.807, 2.05) is 6.07 Å². The van der Waals surface area contributed by atoms with Gasteiger partial charge in [0.25, 0.3) is 0 Å². The zero-order valence-electron chi connectivity index (χ0n) is 12.5. The molecule has 1 N–H and O–H groups in total. The number of imidazole rings is 1. The molecule has 2 aromatic rings. The third-order valence-electron chi connectivity index (χ3n) is 4.80. The first kappa shape index (κ1) is 13.6. The van der Waals surface area contributed by atoms with Gasteiger partial charge in [-0.3, -0.25) is 0 Å². The lowest BCUT2D eigenvalue weighted by atomic mass is 9.95. The summed E-state index contributed by atoms with van der Waals surface area (Å²) in [6.07, 6.45) is 4.85. The van der Waals surface area contributed by atoms with Gasteiger partial charge in [0.2, 0.25) is 0 Å². The van der Waals surface area contributed by atoms with Crippen LogP contribution in [0.1, 0.15) is 45.4 Å². The van der Waals surface area contributed by atoms with Crippen molar-refractivity contribution in [1.29, 1.82) is 0 Å². The van der Waals surface area contributed by atoms with E-state index in [-0.39, 0.29) is 0 Å². The predicted octanol–water partition coefficient (Wildman–Crippen LogP) is 3.54. The molecule has 1 aliphatic rings. The lowest BCUT2D eigenvalue weighted by Crippen LogP contribution is -2.29. The van der Waals surface area contributed by atoms with Crippen LogP contribution in [-0.2, 0) is 13.0 Å². The molecule has 1 aromatic heterocycles. The van der Waals surface area contributed by atoms with Crippen LogP contribution in [0.3, 0.4) is 0 Å². The summed E-state index contributed by atoms with van der Waals surface area (Å²) < 4.78 is 2.24. The molecule has 0 aliphatic heterocycles. The van der Waals surface area contributed by atoms with Crippen molar-refractivity contribution in [3.63, 3.8) is 0 Å². The highest BCUT2D eigenvalue weighted by atomic mass is 16.3. The van der Waals surface area contributed by atoms with Gasteiger partial charge >= 0.3 is 0 Å². The van der Waals surface area contributed by atoms with Crippen molar-refractivity contribution in [2.45, 2.75) is 58.1 Å². The second-order valence-corrected chi connectivity index (χ2v) is 6.18. The smallest absolute Gasteiger partial charge is 0.112 e. The van der Waals surface area contributed by atoms with Gasteiger partial charge in [0.1, 0.15) is 5.82 Å². The molecule has 2 unspecified atom stereocenters. The van der Waals surface area contributed by atoms with Crippen LogP contribution in [0.4, 0.5) is 0 Å². The van der Waals surface area contributed by atoms with E-state index in [1.165, 1.54) is 11.9 Å². The number of para-hydroxylation sites is 2. The molecule has 3 rings (SSSR count). The van der Waals surface area contributed by atoms with Crippen molar-refractivity contribution in [2.24, 2.45) is 5.92 Å². The molecule has 0 radical (unpaired) electrons. The fourth-order valence-corrected chi connectivity index (χ4v) is 3.63. The Balaban J connectivity index is 1.91. The highest BCUT2D eigenvalue weighted by molar-refractivity contribution is 5.75. The van der Waals surface area contributed by atoms with E-state index in [0.717, 1.165) is 37.1 Å². The first-order valence-electron chi connectivity index (χ1n) is 7.81. The van der Waals surface area contributed by atoms with Crippen LogP contribution in [0, 0.1) is 5.92 Å². The Kier molecular flexibility index (Phi) is 3.55. The Labute approximate surface area is 120 Å². The third kappa shape index (κ3) is 2.35. The maximum Gasteiger partial charge on any atom is 0.112 e. The first-order valence-corrected chi connectivity index (χ1v) is 7.81. The van der Waals surface area contributed by atoms with E-state index in [1.54, 1.807) is 0 Å². The summed E-state index contributed by atoms with van der Waals surface area (Å²) in [5.74, 6) is 1.72. The molecular formula is C17H24N2O. The number of nitrogens with zero attached hydrogens (tertiary/aromatic N) is 2. The van der Waals surface area contributed by atoms with Gasteiger partial charge in [0, 0.05) is 13.0 Å². The van der Waals surface area contributed by atoms with Crippen LogP contribution in [-0.4, -0.2) is 20.3 Å². The van der Waals surface area contributed by atoms with E-state index in [9.17, 15) is 5.11 Å². The number of aliphatic hydroxyl groups is 1. The Hall–Kier alpha value is -1.35. The second kappa shape index (κ2) is 5.21. The Morgan fingerprint density at radius 3 is 2.85 bits per heavy atom. The summed E-state index contributed by atoms with van der Waals surface area (Å²) >= 11 is 0. The average molecular weight is 272 g/mol. The molecule has 1 aliphatic carbocycles. The Morgan fingerprint density at radius 2 is 2.15 bits per heavy atom. The fourth-order valence-electron chi connectivity index (χ4n) is 3.63. The van der Waals surface area contributed by atoms with E-state index >= 15 is 0 Å². The minimum Gasteiger partial charge on any atom is -0.389 e. The van der Waals surface area contributed by atoms with Crippen molar-refractivity contribution in [2.75, 3.05) is 0 Å². The molecule has 1 heterocycles. The van der Waals surface area contributed by atoms with E-state index in [2.05, 4.69) is 36.6 Å². The number of aryl methyl sites for hydroxylation is 1. The zero-order chi connectivity index (χ0) is 14.2. The Bertz CT molecular complexity index is 604. The minimum absolute atomic E-state index is 0.547. The van der Waals surface area contributed by atoms with Crippen LogP contribution in [0.25, 0.3) is 11.0 Å². The molecule has 2 atom stereocenters. The molecular weight excluding hydrogens is 248 g/mol. The highest BCUT2D eigenvalue weighted by Crippen LogP contribution is 2.38. The number of hydrogen-bond donors (Lipinski definition) is 1. The summed E-state index contributed by atoms with van der Waals surface area (Å²) in [6, 6.07) is 8.25. The molecule has 0 bridgehead atoms. The van der Waals surface area contributed by atoms with Gasteiger partial charge in [-0.1, -0.05) is 25.5 Å². The fraction of sp³-hybridized carbons (Fsp3) is 0.588. The van der Waals surface area contributed by atoms with E-state index in [4.69, 9.17) is 4.98 Å². The summed E-state index contributed by atoms with van der Waals surface area (Å²) in [5, 5.41) is 10.8. The van der Waals surface area contributed by atoms with Crippen LogP contribution in [0.15, 0.2) is 24.3 Å². The molecule has 1 fully saturated rings. The van der Waals surface area contributed by atoms with E-state index in [0.29, 0.717) is 12.3 Å². The molecule has 0 saturated heterocycles. The molecule has 0 amide bonds. The van der Waals surface area contributed by atoms with Gasteiger partial charge in [-0.25, -0.2) is 4.98 Å². The van der Waals surface area contributed by atoms with Crippen molar-refractivity contribution in [3.8, 4) is 0 Å². The van der Waals surface area contributed by atoms with E-state index < -0.39 is 5.60 Å². The van der Waals surface area contributed by atoms with Crippen molar-refractivity contribution in [1.82, 2.24) is 9.55 Å². The van der Waals surface area contributed by atoms with Gasteiger partial charge < -0.3 is 9.67 Å². The van der Waals surface area contributed by atoms with Crippen LogP contribution >= 0.6 is 0 Å². The number of hydrogen-bond acceptors (Lipinski definition) is 2. The number of benzene rings is 1. The van der Waals surface area contributed by atoms with Gasteiger partial charge in [-0.05, 0) is 44.2 Å². The van der Waals surface area contributed by atoms with Crippen LogP contribution in [0.2, 0.25) is 0 Å². The molecule has 108 valence electrons. The average Bonchev–Trinajstić information content (AvgIpc) is 2.99. The molecule has 3 heteroatoms. The Morgan fingerprint density at radius 1 is 1.35 bits per heavy atom. The predicted molar refractivity (Wildman–Crippen MR) is 81.7 cm³/mol. The molecule has 20 heavy (non-hydrogen) atoms. The standard InChI is InChI=1S/C17H24N2O/c1-3-13-9-10-17(20,11-13)12-16-18-14-7-5-6-8-15(14)19(16)4-2/h5-8,13,20H,3-4,9-12H2,1-2H3. The van der Waals surface area contributed by atoms with Crippen molar-refractivity contribution in [3.05, 3.63) is 30.1 Å². The van der Waals surface area contributed by atoms with Gasteiger partial charge in [-0.15, -0.1) is 0 Å². The summed E-state index contributed by atoms with van der Waals surface area (Å²) in [5.41, 5.74) is 1.67. The summed E-state index contributed by atoms with van der Waals surface area (Å²) in [6.45, 7) is 5.27. The third-order valence-corrected chi connectivity index (χ3v) is 4.80. The number of fused-ring (bicyclic) bond motifs is 1. The SMILES string of the molecule is CCC1CCC(O)(Cc2nc3ccccc3n2CC)C1. The second-order valence-electron chi connectivity index (χ2n) is 6.18. The number of aromatic nitrogens is 2. The van der Waals surface area contributed by atoms with Crippen LogP contribution in [0.5, 0.6) is 0 Å². The zero-order valence-corrected chi connectivity index (χ0v) is 12.5. The molecule has 1 saturated carbocycles. The normalized spacial score (nSPS) is 26.4. The first-order chi connectivity index (χ1) is 9.65. The minimum atomic E-state index is -0.547. The lowest BCUT2D eigenvalue weighted by molar-refractivity contribution is 0.0410. The monoisotopic (exact) mass is 272 g/mol. The van der Waals surface area contributed by atoms with Crippen molar-refractivity contribution >= 4 is 11.0 Å². The van der Waals surface area contributed by atoms with Crippen molar-refractivity contribution < 1.29 is 5.11 Å². The largest absolute Gasteiger partial charge is 0.389 e. The number of rotatable bonds is 4. The maximum atomic E-state index is 10.8.